The molecule has 0 radical (unpaired) electrons. The van der Waals surface area contributed by atoms with Crippen molar-refractivity contribution in [3.8, 4) is 0 Å². The molecule has 19 heavy (non-hydrogen) atoms. The fourth-order valence-electron chi connectivity index (χ4n) is 2.09. The second kappa shape index (κ2) is 5.26. The van der Waals surface area contributed by atoms with Gasteiger partial charge in [0.1, 0.15) is 0 Å². The number of nitro benzene ring substituents is 1. The zero-order valence-electron chi connectivity index (χ0n) is 10.7. The van der Waals surface area contributed by atoms with E-state index in [1.807, 2.05) is 11.8 Å². The van der Waals surface area contributed by atoms with E-state index in [0.717, 1.165) is 19.4 Å². The van der Waals surface area contributed by atoms with Gasteiger partial charge in [-0.1, -0.05) is 0 Å². The van der Waals surface area contributed by atoms with Crippen molar-refractivity contribution >= 4 is 17.3 Å². The molecule has 2 rings (SSSR count). The molecule has 1 fully saturated rings. The fourth-order valence-corrected chi connectivity index (χ4v) is 2.09. The van der Waals surface area contributed by atoms with Crippen LogP contribution in [0.15, 0.2) is 18.2 Å². The quantitative estimate of drug-likeness (QED) is 0.630. The lowest BCUT2D eigenvalue weighted by Gasteiger charge is -2.24. The van der Waals surface area contributed by atoms with Gasteiger partial charge in [0.25, 0.3) is 5.69 Å². The summed E-state index contributed by atoms with van der Waals surface area (Å²) in [6.07, 6.45) is 2.29. The Bertz CT molecular complexity index is 511. The van der Waals surface area contributed by atoms with Gasteiger partial charge in [-0.15, -0.1) is 0 Å². The second-order valence-corrected chi connectivity index (χ2v) is 4.75. The first-order valence-corrected chi connectivity index (χ1v) is 6.29. The summed E-state index contributed by atoms with van der Waals surface area (Å²) < 4.78 is 0. The number of anilines is 1. The minimum atomic E-state index is -1.06. The highest BCUT2D eigenvalue weighted by atomic mass is 16.6. The fraction of sp³-hybridized carbons (Fsp3) is 0.462. The van der Waals surface area contributed by atoms with Crippen molar-refractivity contribution in [1.29, 1.82) is 0 Å². The molecular formula is C13H16N2O4. The molecule has 1 aliphatic carbocycles. The predicted octanol–water partition coefficient (Wildman–Crippen LogP) is 2.53. The summed E-state index contributed by atoms with van der Waals surface area (Å²) in [6.45, 7) is 3.32. The minimum Gasteiger partial charge on any atom is -0.478 e. The van der Waals surface area contributed by atoms with Crippen LogP contribution in [0.4, 0.5) is 11.4 Å². The number of nitrogens with zero attached hydrogens (tertiary/aromatic N) is 2. The molecule has 0 atom stereocenters. The maximum atomic E-state index is 11.2. The normalized spacial score (nSPS) is 14.2. The highest BCUT2D eigenvalue weighted by molar-refractivity contribution is 5.95. The lowest BCUT2D eigenvalue weighted by molar-refractivity contribution is -0.384. The van der Waals surface area contributed by atoms with Crippen LogP contribution in [-0.2, 0) is 0 Å². The predicted molar refractivity (Wildman–Crippen MR) is 70.7 cm³/mol. The third-order valence-electron chi connectivity index (χ3n) is 3.32. The monoisotopic (exact) mass is 264 g/mol. The van der Waals surface area contributed by atoms with E-state index in [1.54, 1.807) is 0 Å². The topological polar surface area (TPSA) is 83.7 Å². The summed E-state index contributed by atoms with van der Waals surface area (Å²) in [5.41, 5.74) is 0.485. The molecule has 6 nitrogen and oxygen atoms in total. The van der Waals surface area contributed by atoms with Crippen LogP contribution in [0, 0.1) is 16.0 Å². The molecule has 0 saturated heterocycles. The van der Waals surface area contributed by atoms with Crippen molar-refractivity contribution in [1.82, 2.24) is 0 Å². The third-order valence-corrected chi connectivity index (χ3v) is 3.32. The average molecular weight is 264 g/mol. The van der Waals surface area contributed by atoms with E-state index < -0.39 is 10.9 Å². The largest absolute Gasteiger partial charge is 0.478 e. The number of benzene rings is 1. The van der Waals surface area contributed by atoms with Crippen LogP contribution in [0.25, 0.3) is 0 Å². The number of carboxylic acids is 1. The van der Waals surface area contributed by atoms with Crippen LogP contribution in [0.3, 0.4) is 0 Å². The van der Waals surface area contributed by atoms with E-state index >= 15 is 0 Å². The van der Waals surface area contributed by atoms with Gasteiger partial charge in [-0.2, -0.15) is 0 Å². The molecule has 0 heterocycles. The number of nitro groups is 1. The Hall–Kier alpha value is -2.11. The molecule has 1 aromatic carbocycles. The Morgan fingerprint density at radius 2 is 2.21 bits per heavy atom. The number of non-ortho nitro benzene ring substituents is 1. The van der Waals surface area contributed by atoms with Gasteiger partial charge in [0.15, 0.2) is 0 Å². The third kappa shape index (κ3) is 3.01. The summed E-state index contributed by atoms with van der Waals surface area (Å²) in [4.78, 5) is 23.5. The molecule has 1 N–H and O–H groups in total. The number of hydrogen-bond donors (Lipinski definition) is 1. The Balaban J connectivity index is 2.39. The van der Waals surface area contributed by atoms with Gasteiger partial charge in [0.2, 0.25) is 0 Å². The van der Waals surface area contributed by atoms with Gasteiger partial charge >= 0.3 is 5.97 Å². The van der Waals surface area contributed by atoms with Gasteiger partial charge in [0.05, 0.1) is 16.2 Å². The van der Waals surface area contributed by atoms with Crippen molar-refractivity contribution in [2.75, 3.05) is 18.0 Å². The van der Waals surface area contributed by atoms with Crippen molar-refractivity contribution in [2.45, 2.75) is 19.8 Å². The summed E-state index contributed by atoms with van der Waals surface area (Å²) in [6, 6.07) is 3.90. The Morgan fingerprint density at radius 3 is 2.68 bits per heavy atom. The molecule has 1 saturated carbocycles. The summed E-state index contributed by atoms with van der Waals surface area (Å²) >= 11 is 0. The molecule has 0 aliphatic heterocycles. The Morgan fingerprint density at radius 1 is 1.53 bits per heavy atom. The number of hydrogen-bond acceptors (Lipinski definition) is 4. The first kappa shape index (κ1) is 13.3. The zero-order valence-corrected chi connectivity index (χ0v) is 10.7. The van der Waals surface area contributed by atoms with Crippen LogP contribution >= 0.6 is 0 Å². The van der Waals surface area contributed by atoms with E-state index in [9.17, 15) is 20.0 Å². The standard InChI is InChI=1S/C13H16N2O4/c1-2-14(8-9-3-4-9)12-7-10(15(18)19)5-6-11(12)13(16)17/h5-7,9H,2-4,8H2,1H3,(H,16,17). The SMILES string of the molecule is CCN(CC1CC1)c1cc([N+](=O)[O-])ccc1C(=O)O. The van der Waals surface area contributed by atoms with E-state index in [-0.39, 0.29) is 11.3 Å². The number of rotatable bonds is 6. The molecule has 6 heteroatoms. The maximum Gasteiger partial charge on any atom is 0.337 e. The number of carbonyl (C=O) groups is 1. The summed E-state index contributed by atoms with van der Waals surface area (Å²) in [7, 11) is 0. The maximum absolute atomic E-state index is 11.2. The van der Waals surface area contributed by atoms with Gasteiger partial charge < -0.3 is 10.0 Å². The van der Waals surface area contributed by atoms with Crippen molar-refractivity contribution in [3.63, 3.8) is 0 Å². The smallest absolute Gasteiger partial charge is 0.337 e. The Labute approximate surface area is 110 Å². The van der Waals surface area contributed by atoms with Crippen LogP contribution in [0.5, 0.6) is 0 Å². The van der Waals surface area contributed by atoms with Crippen molar-refractivity contribution < 1.29 is 14.8 Å². The molecule has 1 aliphatic rings. The van der Waals surface area contributed by atoms with E-state index in [2.05, 4.69) is 0 Å². The number of aromatic carboxylic acids is 1. The van der Waals surface area contributed by atoms with Gasteiger partial charge in [-0.3, -0.25) is 10.1 Å². The minimum absolute atomic E-state index is 0.0748. The van der Waals surface area contributed by atoms with E-state index in [1.165, 1.54) is 18.2 Å². The molecule has 0 bridgehead atoms. The zero-order chi connectivity index (χ0) is 14.0. The lowest BCUT2D eigenvalue weighted by atomic mass is 10.1. The first-order valence-electron chi connectivity index (χ1n) is 6.29. The molecule has 0 unspecified atom stereocenters. The molecule has 0 spiro atoms. The molecule has 0 amide bonds. The molecular weight excluding hydrogens is 248 g/mol. The highest BCUT2D eigenvalue weighted by Crippen LogP contribution is 2.33. The number of carboxylic acid groups (broad SMARTS) is 1. The van der Waals surface area contributed by atoms with Crippen LogP contribution in [0.1, 0.15) is 30.1 Å². The Kier molecular flexibility index (Phi) is 3.69. The summed E-state index contributed by atoms with van der Waals surface area (Å²) in [5.74, 6) is -0.472. The van der Waals surface area contributed by atoms with Crippen molar-refractivity contribution in [3.05, 3.63) is 33.9 Å². The summed E-state index contributed by atoms with van der Waals surface area (Å²) in [5, 5.41) is 20.0. The first-order chi connectivity index (χ1) is 9.02. The van der Waals surface area contributed by atoms with Crippen molar-refractivity contribution in [2.24, 2.45) is 5.92 Å². The lowest BCUT2D eigenvalue weighted by Crippen LogP contribution is -2.27. The molecule has 1 aromatic rings. The van der Waals surface area contributed by atoms with Crippen LogP contribution in [-0.4, -0.2) is 29.1 Å². The van der Waals surface area contributed by atoms with E-state index in [0.29, 0.717) is 18.2 Å². The van der Waals surface area contributed by atoms with Crippen LogP contribution in [0.2, 0.25) is 0 Å². The van der Waals surface area contributed by atoms with Crippen LogP contribution < -0.4 is 4.90 Å². The van der Waals surface area contributed by atoms with Gasteiger partial charge in [0, 0.05) is 25.2 Å². The van der Waals surface area contributed by atoms with Gasteiger partial charge in [-0.25, -0.2) is 4.79 Å². The van der Waals surface area contributed by atoms with Gasteiger partial charge in [-0.05, 0) is 31.7 Å². The van der Waals surface area contributed by atoms with E-state index in [4.69, 9.17) is 0 Å². The second-order valence-electron chi connectivity index (χ2n) is 4.75. The highest BCUT2D eigenvalue weighted by Gasteiger charge is 2.26. The molecule has 102 valence electrons. The average Bonchev–Trinajstić information content (AvgIpc) is 3.19. The molecule has 0 aromatic heterocycles.